The summed E-state index contributed by atoms with van der Waals surface area (Å²) in [5.41, 5.74) is 1.85. The molecular formula is C26H30N6O5. The van der Waals surface area contributed by atoms with Crippen molar-refractivity contribution in [2.45, 2.75) is 51.7 Å². The molecule has 0 radical (unpaired) electrons. The van der Waals surface area contributed by atoms with E-state index >= 15 is 0 Å². The molecule has 1 N–H and O–H groups in total. The lowest BCUT2D eigenvalue weighted by molar-refractivity contribution is -0.384. The highest BCUT2D eigenvalue weighted by Crippen LogP contribution is 2.33. The van der Waals surface area contributed by atoms with Crippen LogP contribution in [-0.4, -0.2) is 55.3 Å². The van der Waals surface area contributed by atoms with Crippen molar-refractivity contribution in [2.75, 3.05) is 13.1 Å². The van der Waals surface area contributed by atoms with Crippen LogP contribution in [0, 0.1) is 10.1 Å². The number of nitro groups is 1. The molecule has 2 amide bonds. The number of nitrogens with zero attached hydrogens (tertiary/aromatic N) is 5. The van der Waals surface area contributed by atoms with Gasteiger partial charge in [0.1, 0.15) is 5.60 Å². The fourth-order valence-electron chi connectivity index (χ4n) is 4.28. The molecule has 0 atom stereocenters. The Morgan fingerprint density at radius 1 is 1.14 bits per heavy atom. The zero-order chi connectivity index (χ0) is 26.6. The van der Waals surface area contributed by atoms with E-state index in [4.69, 9.17) is 4.74 Å². The van der Waals surface area contributed by atoms with Crippen molar-refractivity contribution in [3.8, 4) is 5.69 Å². The predicted octanol–water partition coefficient (Wildman–Crippen LogP) is 4.22. The normalized spacial score (nSPS) is 14.3. The van der Waals surface area contributed by atoms with Gasteiger partial charge >= 0.3 is 6.09 Å². The van der Waals surface area contributed by atoms with Crippen molar-refractivity contribution < 1.29 is 19.2 Å². The summed E-state index contributed by atoms with van der Waals surface area (Å²) in [6.07, 6.45) is 4.04. The molecule has 1 aromatic carbocycles. The van der Waals surface area contributed by atoms with E-state index in [1.54, 1.807) is 34.0 Å². The van der Waals surface area contributed by atoms with Crippen LogP contribution in [-0.2, 0) is 11.3 Å². The average molecular weight is 507 g/mol. The first kappa shape index (κ1) is 25.8. The molecule has 1 aliphatic rings. The maximum absolute atomic E-state index is 13.2. The molecule has 0 saturated carbocycles. The van der Waals surface area contributed by atoms with Crippen LogP contribution in [0.15, 0.2) is 54.9 Å². The number of piperidine rings is 1. The number of non-ortho nitro benzene ring substituents is 1. The fraction of sp³-hybridized carbons (Fsp3) is 0.385. The number of hydrogen-bond donors (Lipinski definition) is 1. The summed E-state index contributed by atoms with van der Waals surface area (Å²) < 4.78 is 7.17. The standard InChI is InChI=1S/C26H30N6O5/c1-26(2,3)37-25(34)30-14-11-18(12-15-30)23-22(24(33)28-16-19-6-4-5-13-27-19)17-29-31(23)20-7-9-21(10-8-20)32(35)36/h4-10,13,17-18H,11-12,14-16H2,1-3H3,(H,28,33). The molecule has 3 aromatic rings. The van der Waals surface area contributed by atoms with E-state index < -0.39 is 10.5 Å². The molecule has 0 unspecified atom stereocenters. The summed E-state index contributed by atoms with van der Waals surface area (Å²) in [6.45, 7) is 6.70. The van der Waals surface area contributed by atoms with E-state index in [0.717, 1.165) is 5.69 Å². The molecule has 0 aliphatic carbocycles. The summed E-state index contributed by atoms with van der Waals surface area (Å²) in [4.78, 5) is 42.3. The van der Waals surface area contributed by atoms with Gasteiger partial charge in [-0.15, -0.1) is 0 Å². The Balaban J connectivity index is 1.59. The lowest BCUT2D eigenvalue weighted by Gasteiger charge is -2.34. The third-order valence-corrected chi connectivity index (χ3v) is 6.05. The number of pyridine rings is 1. The zero-order valence-corrected chi connectivity index (χ0v) is 21.1. The molecule has 2 aromatic heterocycles. The van der Waals surface area contributed by atoms with Crippen LogP contribution in [0.4, 0.5) is 10.5 Å². The Morgan fingerprint density at radius 2 is 1.84 bits per heavy atom. The Hall–Kier alpha value is -4.28. The number of carbonyl (C=O) groups excluding carboxylic acids is 2. The van der Waals surface area contributed by atoms with Gasteiger partial charge in [-0.1, -0.05) is 6.07 Å². The number of amides is 2. The molecule has 1 aliphatic heterocycles. The quantitative estimate of drug-likeness (QED) is 0.391. The number of carbonyl (C=O) groups is 2. The minimum Gasteiger partial charge on any atom is -0.444 e. The van der Waals surface area contributed by atoms with Gasteiger partial charge in [-0.2, -0.15) is 5.10 Å². The lowest BCUT2D eigenvalue weighted by atomic mass is 9.91. The summed E-state index contributed by atoms with van der Waals surface area (Å²) in [7, 11) is 0. The summed E-state index contributed by atoms with van der Waals surface area (Å²) in [5, 5.41) is 18.5. The van der Waals surface area contributed by atoms with Crippen molar-refractivity contribution in [3.63, 3.8) is 0 Å². The van der Waals surface area contributed by atoms with E-state index in [9.17, 15) is 19.7 Å². The minimum atomic E-state index is -0.582. The molecule has 11 nitrogen and oxygen atoms in total. The lowest BCUT2D eigenvalue weighted by Crippen LogP contribution is -2.41. The maximum Gasteiger partial charge on any atom is 0.410 e. The second-order valence-corrected chi connectivity index (χ2v) is 9.87. The highest BCUT2D eigenvalue weighted by molar-refractivity contribution is 5.95. The zero-order valence-electron chi connectivity index (χ0n) is 21.1. The summed E-state index contributed by atoms with van der Waals surface area (Å²) >= 11 is 0. The van der Waals surface area contributed by atoms with Gasteiger partial charge in [0.05, 0.1) is 40.3 Å². The number of nitro benzene ring substituents is 1. The van der Waals surface area contributed by atoms with Crippen LogP contribution in [0.5, 0.6) is 0 Å². The first-order chi connectivity index (χ1) is 17.6. The second kappa shape index (κ2) is 10.8. The Labute approximate surface area is 214 Å². The smallest absolute Gasteiger partial charge is 0.410 e. The molecule has 1 fully saturated rings. The van der Waals surface area contributed by atoms with Gasteiger partial charge in [0.25, 0.3) is 11.6 Å². The number of aromatic nitrogens is 3. The third-order valence-electron chi connectivity index (χ3n) is 6.05. The highest BCUT2D eigenvalue weighted by atomic mass is 16.6. The van der Waals surface area contributed by atoms with Crippen LogP contribution in [0.25, 0.3) is 5.69 Å². The Kier molecular flexibility index (Phi) is 7.51. The number of hydrogen-bond acceptors (Lipinski definition) is 7. The van der Waals surface area contributed by atoms with E-state index in [2.05, 4.69) is 15.4 Å². The van der Waals surface area contributed by atoms with Gasteiger partial charge in [0.2, 0.25) is 0 Å². The minimum absolute atomic E-state index is 0.0311. The van der Waals surface area contributed by atoms with Crippen molar-refractivity contribution in [1.29, 1.82) is 0 Å². The number of nitrogens with one attached hydrogen (secondary N) is 1. The van der Waals surface area contributed by atoms with E-state index in [0.29, 0.717) is 42.9 Å². The molecule has 194 valence electrons. The third kappa shape index (κ3) is 6.29. The van der Waals surface area contributed by atoms with Gasteiger partial charge in [-0.3, -0.25) is 19.9 Å². The fourth-order valence-corrected chi connectivity index (χ4v) is 4.28. The molecule has 11 heteroatoms. The summed E-state index contributed by atoms with van der Waals surface area (Å²) in [6, 6.07) is 11.5. The van der Waals surface area contributed by atoms with Crippen LogP contribution in [0.1, 0.15) is 61.3 Å². The average Bonchev–Trinajstić information content (AvgIpc) is 3.32. The predicted molar refractivity (Wildman–Crippen MR) is 135 cm³/mol. The molecular weight excluding hydrogens is 476 g/mol. The van der Waals surface area contributed by atoms with Crippen molar-refractivity contribution >= 4 is 17.7 Å². The first-order valence-corrected chi connectivity index (χ1v) is 12.1. The molecule has 3 heterocycles. The molecule has 0 bridgehead atoms. The van der Waals surface area contributed by atoms with Gasteiger partial charge in [-0.05, 0) is 57.9 Å². The van der Waals surface area contributed by atoms with Gasteiger partial charge in [0, 0.05) is 37.3 Å². The Bertz CT molecular complexity index is 1260. The highest BCUT2D eigenvalue weighted by Gasteiger charge is 2.32. The van der Waals surface area contributed by atoms with Gasteiger partial charge < -0.3 is 15.0 Å². The monoisotopic (exact) mass is 506 g/mol. The van der Waals surface area contributed by atoms with Gasteiger partial charge in [-0.25, -0.2) is 9.48 Å². The van der Waals surface area contributed by atoms with E-state index in [1.807, 2.05) is 32.9 Å². The molecule has 1 saturated heterocycles. The van der Waals surface area contributed by atoms with Crippen LogP contribution >= 0.6 is 0 Å². The largest absolute Gasteiger partial charge is 0.444 e. The number of rotatable bonds is 6. The number of ether oxygens (including phenoxy) is 1. The first-order valence-electron chi connectivity index (χ1n) is 12.1. The van der Waals surface area contributed by atoms with Gasteiger partial charge in [0.15, 0.2) is 0 Å². The second-order valence-electron chi connectivity index (χ2n) is 9.87. The van der Waals surface area contributed by atoms with Crippen molar-refractivity contribution in [2.24, 2.45) is 0 Å². The summed E-state index contributed by atoms with van der Waals surface area (Å²) in [5.74, 6) is -0.352. The molecule has 4 rings (SSSR count). The van der Waals surface area contributed by atoms with Crippen LogP contribution < -0.4 is 5.32 Å². The number of benzene rings is 1. The van der Waals surface area contributed by atoms with Crippen LogP contribution in [0.3, 0.4) is 0 Å². The van der Waals surface area contributed by atoms with Crippen LogP contribution in [0.2, 0.25) is 0 Å². The Morgan fingerprint density at radius 3 is 2.43 bits per heavy atom. The molecule has 37 heavy (non-hydrogen) atoms. The van der Waals surface area contributed by atoms with Crippen molar-refractivity contribution in [1.82, 2.24) is 25.0 Å². The topological polar surface area (TPSA) is 132 Å². The van der Waals surface area contributed by atoms with Crippen molar-refractivity contribution in [3.05, 3.63) is 81.9 Å². The number of likely N-dealkylation sites (tertiary alicyclic amines) is 1. The molecule has 0 spiro atoms. The van der Waals surface area contributed by atoms with E-state index in [-0.39, 0.29) is 30.2 Å². The maximum atomic E-state index is 13.2. The SMILES string of the molecule is CC(C)(C)OC(=O)N1CCC(c2c(C(=O)NCc3ccccn3)cnn2-c2ccc([N+](=O)[O-])cc2)CC1. The van der Waals surface area contributed by atoms with E-state index in [1.165, 1.54) is 18.3 Å².